The van der Waals surface area contributed by atoms with Gasteiger partial charge in [-0.25, -0.2) is 8.78 Å². The molecule has 0 bridgehead atoms. The summed E-state index contributed by atoms with van der Waals surface area (Å²) < 4.78 is 27.2. The van der Waals surface area contributed by atoms with E-state index in [9.17, 15) is 13.6 Å². The number of nitrogens with zero attached hydrogens (tertiary/aromatic N) is 5. The van der Waals surface area contributed by atoms with E-state index in [0.717, 1.165) is 27.8 Å². The second-order valence-electron chi connectivity index (χ2n) is 9.63. The summed E-state index contributed by atoms with van der Waals surface area (Å²) in [6.45, 7) is 5.20. The summed E-state index contributed by atoms with van der Waals surface area (Å²) in [5.74, 6) is -2.18. The molecular formula is C26H29F2N5O. The molecule has 2 fully saturated rings. The van der Waals surface area contributed by atoms with Gasteiger partial charge in [0, 0.05) is 72.7 Å². The van der Waals surface area contributed by atoms with E-state index in [1.807, 2.05) is 54.4 Å². The Bertz CT molecular complexity index is 1180. The van der Waals surface area contributed by atoms with Crippen molar-refractivity contribution in [3.05, 3.63) is 48.8 Å². The minimum absolute atomic E-state index is 0.00506. The Balaban J connectivity index is 1.40. The number of amides is 1. The van der Waals surface area contributed by atoms with E-state index in [2.05, 4.69) is 27.0 Å². The molecule has 0 spiro atoms. The third-order valence-electron chi connectivity index (χ3n) is 7.22. The molecule has 34 heavy (non-hydrogen) atoms. The first-order valence-corrected chi connectivity index (χ1v) is 11.9. The van der Waals surface area contributed by atoms with Crippen LogP contribution in [0.5, 0.6) is 0 Å². The number of piperazine rings is 1. The maximum absolute atomic E-state index is 13.6. The third kappa shape index (κ3) is 4.21. The summed E-state index contributed by atoms with van der Waals surface area (Å²) >= 11 is 0. The van der Waals surface area contributed by atoms with Gasteiger partial charge in [-0.2, -0.15) is 0 Å². The van der Waals surface area contributed by atoms with Crippen LogP contribution in [0, 0.1) is 5.92 Å². The van der Waals surface area contributed by atoms with Gasteiger partial charge in [0.2, 0.25) is 11.8 Å². The van der Waals surface area contributed by atoms with Crippen LogP contribution in [0.4, 0.5) is 14.6 Å². The van der Waals surface area contributed by atoms with E-state index in [1.165, 1.54) is 0 Å². The molecule has 1 unspecified atom stereocenters. The van der Waals surface area contributed by atoms with E-state index in [4.69, 9.17) is 0 Å². The van der Waals surface area contributed by atoms with Gasteiger partial charge >= 0.3 is 0 Å². The number of rotatable bonds is 3. The third-order valence-corrected chi connectivity index (χ3v) is 7.22. The summed E-state index contributed by atoms with van der Waals surface area (Å²) in [5.41, 5.74) is 1.80. The molecule has 0 N–H and O–H groups in total. The maximum Gasteiger partial charge on any atom is 0.248 e. The van der Waals surface area contributed by atoms with Crippen molar-refractivity contribution in [2.24, 2.45) is 5.92 Å². The number of hydrogen-bond acceptors (Lipinski definition) is 5. The topological polar surface area (TPSA) is 62.2 Å². The first-order valence-electron chi connectivity index (χ1n) is 11.9. The minimum Gasteiger partial charge on any atom is -0.348 e. The highest BCUT2D eigenvalue weighted by molar-refractivity contribution is 5.99. The number of alkyl halides is 2. The molecule has 1 aromatic carbocycles. The van der Waals surface area contributed by atoms with Gasteiger partial charge in [0.15, 0.2) is 5.82 Å². The fourth-order valence-corrected chi connectivity index (χ4v) is 5.26. The number of carbonyl (C=O) groups is 1. The van der Waals surface area contributed by atoms with E-state index < -0.39 is 5.92 Å². The lowest BCUT2D eigenvalue weighted by Gasteiger charge is -2.46. The van der Waals surface area contributed by atoms with E-state index in [-0.39, 0.29) is 49.6 Å². The maximum atomic E-state index is 13.6. The number of anilines is 1. The van der Waals surface area contributed by atoms with Gasteiger partial charge in [0.1, 0.15) is 5.69 Å². The highest BCUT2D eigenvalue weighted by atomic mass is 19.3. The van der Waals surface area contributed by atoms with E-state index in [1.54, 1.807) is 6.20 Å². The van der Waals surface area contributed by atoms with Gasteiger partial charge in [-0.05, 0) is 32.8 Å². The summed E-state index contributed by atoms with van der Waals surface area (Å²) in [6, 6.07) is 11.9. The number of hydrogen-bond donors (Lipinski definition) is 0. The lowest BCUT2D eigenvalue weighted by Crippen LogP contribution is -2.59. The molecule has 3 heterocycles. The molecule has 2 atom stereocenters. The van der Waals surface area contributed by atoms with Crippen molar-refractivity contribution in [1.29, 1.82) is 0 Å². The average Bonchev–Trinajstić information content (AvgIpc) is 2.85. The molecule has 3 aromatic rings. The fraction of sp³-hybridized carbons (Fsp3) is 0.462. The molecular weight excluding hydrogens is 436 g/mol. The highest BCUT2D eigenvalue weighted by Gasteiger charge is 2.41. The van der Waals surface area contributed by atoms with Crippen LogP contribution in [0.15, 0.2) is 48.8 Å². The molecule has 1 saturated heterocycles. The summed E-state index contributed by atoms with van der Waals surface area (Å²) in [5, 5.41) is 11.1. The normalized spacial score (nSPS) is 23.3. The lowest BCUT2D eigenvalue weighted by atomic mass is 9.85. The highest BCUT2D eigenvalue weighted by Crippen LogP contribution is 2.38. The molecule has 6 nitrogen and oxygen atoms in total. The number of pyridine rings is 1. The number of benzene rings is 1. The van der Waals surface area contributed by atoms with Crippen LogP contribution in [0.3, 0.4) is 0 Å². The molecule has 1 saturated carbocycles. The van der Waals surface area contributed by atoms with Gasteiger partial charge in [-0.3, -0.25) is 9.78 Å². The summed E-state index contributed by atoms with van der Waals surface area (Å²) in [6.07, 6.45) is 3.70. The zero-order valence-electron chi connectivity index (χ0n) is 19.5. The van der Waals surface area contributed by atoms with E-state index in [0.29, 0.717) is 13.1 Å². The molecule has 178 valence electrons. The Morgan fingerprint density at radius 3 is 2.44 bits per heavy atom. The lowest BCUT2D eigenvalue weighted by molar-refractivity contribution is -0.142. The largest absolute Gasteiger partial charge is 0.348 e. The zero-order chi connectivity index (χ0) is 23.9. The van der Waals surface area contributed by atoms with Crippen LogP contribution in [0.25, 0.3) is 22.0 Å². The molecule has 8 heteroatoms. The Morgan fingerprint density at radius 1 is 0.971 bits per heavy atom. The predicted molar refractivity (Wildman–Crippen MR) is 128 cm³/mol. The number of aromatic nitrogens is 3. The van der Waals surface area contributed by atoms with Crippen LogP contribution in [0.1, 0.15) is 39.5 Å². The predicted octanol–water partition coefficient (Wildman–Crippen LogP) is 4.94. The molecule has 2 aromatic heterocycles. The van der Waals surface area contributed by atoms with Crippen molar-refractivity contribution >= 4 is 22.5 Å². The number of fused-ring (bicyclic) bond motifs is 1. The smallest absolute Gasteiger partial charge is 0.248 e. The van der Waals surface area contributed by atoms with Crippen LogP contribution in [0.2, 0.25) is 0 Å². The summed E-state index contributed by atoms with van der Waals surface area (Å²) in [4.78, 5) is 21.6. The Hall–Kier alpha value is -3.16. The van der Waals surface area contributed by atoms with Crippen molar-refractivity contribution in [3.8, 4) is 11.3 Å². The molecule has 1 amide bonds. The standard InChI is InChI=1S/C26H29F2N5O/c1-17-16-33(25(34)20-8-11-26(27,28)12-9-20)18(2)15-32(17)24-22-14-29-13-10-21(22)23(30-31-24)19-6-4-3-5-7-19/h3-7,10,13-14,17-18,20H,8-9,11-12,15-16H2,1-2H3/t17-,18?/m0/s1. The van der Waals surface area contributed by atoms with Gasteiger partial charge in [0.25, 0.3) is 0 Å². The average molecular weight is 466 g/mol. The van der Waals surface area contributed by atoms with Gasteiger partial charge in [0.05, 0.1) is 0 Å². The fourth-order valence-electron chi connectivity index (χ4n) is 5.26. The van der Waals surface area contributed by atoms with Gasteiger partial charge in [-0.1, -0.05) is 30.3 Å². The van der Waals surface area contributed by atoms with E-state index >= 15 is 0 Å². The monoisotopic (exact) mass is 465 g/mol. The summed E-state index contributed by atoms with van der Waals surface area (Å²) in [7, 11) is 0. The quantitative estimate of drug-likeness (QED) is 0.548. The van der Waals surface area contributed by atoms with Crippen molar-refractivity contribution in [1.82, 2.24) is 20.1 Å². The van der Waals surface area contributed by atoms with Crippen molar-refractivity contribution < 1.29 is 13.6 Å². The number of carbonyl (C=O) groups excluding carboxylic acids is 1. The van der Waals surface area contributed by atoms with Crippen LogP contribution >= 0.6 is 0 Å². The molecule has 5 rings (SSSR count). The second-order valence-corrected chi connectivity index (χ2v) is 9.63. The zero-order valence-corrected chi connectivity index (χ0v) is 19.5. The first-order chi connectivity index (χ1) is 16.3. The second kappa shape index (κ2) is 8.89. The Labute approximate surface area is 198 Å². The Kier molecular flexibility index (Phi) is 5.91. The Morgan fingerprint density at radius 2 is 1.71 bits per heavy atom. The van der Waals surface area contributed by atoms with Crippen LogP contribution in [-0.4, -0.2) is 57.1 Å². The number of halogens is 2. The van der Waals surface area contributed by atoms with Crippen LogP contribution < -0.4 is 4.90 Å². The first kappa shape index (κ1) is 22.6. The molecule has 1 aliphatic heterocycles. The molecule has 2 aliphatic rings. The molecule has 1 aliphatic carbocycles. The van der Waals surface area contributed by atoms with Gasteiger partial charge < -0.3 is 9.80 Å². The van der Waals surface area contributed by atoms with Crippen molar-refractivity contribution in [3.63, 3.8) is 0 Å². The van der Waals surface area contributed by atoms with Crippen molar-refractivity contribution in [2.75, 3.05) is 18.0 Å². The van der Waals surface area contributed by atoms with Crippen LogP contribution in [-0.2, 0) is 4.79 Å². The van der Waals surface area contributed by atoms with Crippen molar-refractivity contribution in [2.45, 2.75) is 57.5 Å². The molecule has 0 radical (unpaired) electrons. The SMILES string of the molecule is CC1CN(c2nnc(-c3ccccc3)c3ccncc23)[C@@H](C)CN1C(=O)C1CCC(F)(F)CC1. The minimum atomic E-state index is -2.63. The van der Waals surface area contributed by atoms with Gasteiger partial charge in [-0.15, -0.1) is 10.2 Å².